The van der Waals surface area contributed by atoms with Gasteiger partial charge in [-0.25, -0.2) is 4.39 Å². The number of likely N-dealkylation sites (tertiary alicyclic amines) is 1. The maximum absolute atomic E-state index is 14.3. The summed E-state index contributed by atoms with van der Waals surface area (Å²) in [6.07, 6.45) is 3.25. The molecule has 1 aromatic heterocycles. The Morgan fingerprint density at radius 2 is 1.88 bits per heavy atom. The van der Waals surface area contributed by atoms with Crippen LogP contribution in [0.1, 0.15) is 48.1 Å². The van der Waals surface area contributed by atoms with E-state index in [9.17, 15) is 19.1 Å². The molecule has 0 radical (unpaired) electrons. The van der Waals surface area contributed by atoms with Gasteiger partial charge in [-0.05, 0) is 46.9 Å². The topological polar surface area (TPSA) is 79.7 Å². The summed E-state index contributed by atoms with van der Waals surface area (Å²) in [6.45, 7) is 4.27. The quantitative estimate of drug-likeness (QED) is 0.319. The Hall–Kier alpha value is -4.00. The van der Waals surface area contributed by atoms with Crippen molar-refractivity contribution < 1.29 is 23.8 Å². The van der Waals surface area contributed by atoms with Gasteiger partial charge in [-0.3, -0.25) is 14.6 Å². The Morgan fingerprint density at radius 1 is 1.15 bits per heavy atom. The molecule has 1 N–H and O–H groups in total. The maximum Gasteiger partial charge on any atom is 0.295 e. The number of methoxy groups -OCH3 is 1. The Kier molecular flexibility index (Phi) is 6.45. The predicted molar refractivity (Wildman–Crippen MR) is 126 cm³/mol. The number of hydrogen-bond donors (Lipinski definition) is 1. The number of aromatic nitrogens is 1. The molecule has 4 rings (SSSR count). The average molecular weight is 461 g/mol. The number of carbonyl (C=O) groups excluding carboxylic acids is 2. The number of pyridine rings is 1. The Morgan fingerprint density at radius 3 is 2.47 bits per heavy atom. The number of ether oxygens (including phenoxy) is 1. The SMILES string of the molecule is COc1ccc(/C(O)=C2\C(=O)C(=O)N(Cc3cccnc3)C2c2ccc(C(C)C)cc2)cc1F. The monoisotopic (exact) mass is 460 g/mol. The Bertz CT molecular complexity index is 1250. The molecule has 7 heteroatoms. The summed E-state index contributed by atoms with van der Waals surface area (Å²) in [5.41, 5.74) is 2.51. The van der Waals surface area contributed by atoms with Gasteiger partial charge in [0.2, 0.25) is 0 Å². The minimum absolute atomic E-state index is 0.00871. The smallest absolute Gasteiger partial charge is 0.295 e. The van der Waals surface area contributed by atoms with E-state index in [4.69, 9.17) is 4.74 Å². The number of aliphatic hydroxyl groups is 1. The molecule has 1 fully saturated rings. The summed E-state index contributed by atoms with van der Waals surface area (Å²) < 4.78 is 19.3. The normalized spacial score (nSPS) is 17.4. The molecule has 0 aliphatic carbocycles. The van der Waals surface area contributed by atoms with Gasteiger partial charge in [-0.2, -0.15) is 0 Å². The molecular weight excluding hydrogens is 435 g/mol. The van der Waals surface area contributed by atoms with Crippen molar-refractivity contribution in [3.05, 3.63) is 101 Å². The van der Waals surface area contributed by atoms with Crippen molar-refractivity contribution >= 4 is 17.4 Å². The van der Waals surface area contributed by atoms with Gasteiger partial charge in [-0.15, -0.1) is 0 Å². The molecule has 1 atom stereocenters. The molecule has 2 aromatic carbocycles. The van der Waals surface area contributed by atoms with Crippen molar-refractivity contribution in [2.75, 3.05) is 7.11 Å². The van der Waals surface area contributed by atoms with Crippen molar-refractivity contribution in [2.45, 2.75) is 32.4 Å². The molecule has 34 heavy (non-hydrogen) atoms. The van der Waals surface area contributed by atoms with Crippen LogP contribution in [-0.4, -0.2) is 33.8 Å². The van der Waals surface area contributed by atoms with E-state index in [2.05, 4.69) is 18.8 Å². The van der Waals surface area contributed by atoms with Crippen LogP contribution in [0.2, 0.25) is 0 Å². The maximum atomic E-state index is 14.3. The molecule has 174 valence electrons. The van der Waals surface area contributed by atoms with Crippen molar-refractivity contribution in [1.29, 1.82) is 0 Å². The van der Waals surface area contributed by atoms with E-state index >= 15 is 0 Å². The number of aliphatic hydroxyl groups excluding tert-OH is 1. The van der Waals surface area contributed by atoms with Gasteiger partial charge in [0.15, 0.2) is 11.6 Å². The third-order valence-electron chi connectivity index (χ3n) is 5.96. The van der Waals surface area contributed by atoms with Crippen LogP contribution in [0, 0.1) is 5.82 Å². The van der Waals surface area contributed by atoms with Gasteiger partial charge >= 0.3 is 0 Å². The summed E-state index contributed by atoms with van der Waals surface area (Å²) >= 11 is 0. The first-order valence-electron chi connectivity index (χ1n) is 10.9. The molecule has 1 unspecified atom stereocenters. The lowest BCUT2D eigenvalue weighted by Crippen LogP contribution is -2.29. The fourth-order valence-corrected chi connectivity index (χ4v) is 4.11. The number of Topliss-reactive ketones (excluding diaryl/α,β-unsaturated/α-hetero) is 1. The Balaban J connectivity index is 1.85. The van der Waals surface area contributed by atoms with Crippen molar-refractivity contribution in [3.63, 3.8) is 0 Å². The highest BCUT2D eigenvalue weighted by Gasteiger charge is 2.46. The molecule has 1 aliphatic rings. The van der Waals surface area contributed by atoms with E-state index in [1.807, 2.05) is 30.3 Å². The number of benzene rings is 2. The minimum atomic E-state index is -0.841. The second-order valence-corrected chi connectivity index (χ2v) is 8.46. The van der Waals surface area contributed by atoms with Crippen molar-refractivity contribution in [3.8, 4) is 5.75 Å². The van der Waals surface area contributed by atoms with Crippen LogP contribution in [0.4, 0.5) is 4.39 Å². The molecule has 0 bridgehead atoms. The van der Waals surface area contributed by atoms with Gasteiger partial charge < -0.3 is 14.7 Å². The van der Waals surface area contributed by atoms with Crippen LogP contribution in [0.15, 0.2) is 72.6 Å². The van der Waals surface area contributed by atoms with Gasteiger partial charge in [-0.1, -0.05) is 44.2 Å². The van der Waals surface area contributed by atoms with Gasteiger partial charge in [0.1, 0.15) is 5.76 Å². The lowest BCUT2D eigenvalue weighted by Gasteiger charge is -2.25. The molecule has 1 aliphatic heterocycles. The third kappa shape index (κ3) is 4.29. The zero-order valence-corrected chi connectivity index (χ0v) is 19.2. The fraction of sp³-hybridized carbons (Fsp3) is 0.222. The van der Waals surface area contributed by atoms with Crippen LogP contribution in [-0.2, 0) is 16.1 Å². The molecule has 6 nitrogen and oxygen atoms in total. The molecule has 1 amide bonds. The fourth-order valence-electron chi connectivity index (χ4n) is 4.11. The summed E-state index contributed by atoms with van der Waals surface area (Å²) in [6, 6.07) is 14.2. The highest BCUT2D eigenvalue weighted by atomic mass is 19.1. The number of carbonyl (C=O) groups is 2. The number of amides is 1. The van der Waals surface area contributed by atoms with E-state index in [0.717, 1.165) is 17.2 Å². The van der Waals surface area contributed by atoms with E-state index < -0.39 is 29.3 Å². The first-order valence-corrected chi connectivity index (χ1v) is 10.9. The highest BCUT2D eigenvalue weighted by molar-refractivity contribution is 6.46. The second kappa shape index (κ2) is 9.47. The molecular formula is C27H25FN2O4. The largest absolute Gasteiger partial charge is 0.507 e. The van der Waals surface area contributed by atoms with Crippen LogP contribution in [0.3, 0.4) is 0 Å². The first kappa shape index (κ1) is 23.2. The number of ketones is 1. The van der Waals surface area contributed by atoms with Gasteiger partial charge in [0, 0.05) is 24.5 Å². The lowest BCUT2D eigenvalue weighted by molar-refractivity contribution is -0.140. The highest BCUT2D eigenvalue weighted by Crippen LogP contribution is 2.41. The molecule has 1 saturated heterocycles. The third-order valence-corrected chi connectivity index (χ3v) is 5.96. The summed E-state index contributed by atoms with van der Waals surface area (Å²) in [5.74, 6) is -2.37. The van der Waals surface area contributed by atoms with Gasteiger partial charge in [0.05, 0.1) is 18.7 Å². The van der Waals surface area contributed by atoms with Crippen molar-refractivity contribution in [2.24, 2.45) is 0 Å². The predicted octanol–water partition coefficient (Wildman–Crippen LogP) is 4.97. The summed E-state index contributed by atoms with van der Waals surface area (Å²) in [4.78, 5) is 31.7. The standard InChI is InChI=1S/C27H25FN2O4/c1-16(2)18-6-8-19(9-7-18)24-23(25(31)20-10-11-22(34-3)21(28)13-20)26(32)27(33)30(24)15-17-5-4-12-29-14-17/h4-14,16,24,31H,15H2,1-3H3/b25-23+. The van der Waals surface area contributed by atoms with Crippen LogP contribution < -0.4 is 4.74 Å². The minimum Gasteiger partial charge on any atom is -0.507 e. The van der Waals surface area contributed by atoms with E-state index in [0.29, 0.717) is 11.5 Å². The lowest BCUT2D eigenvalue weighted by atomic mass is 9.93. The van der Waals surface area contributed by atoms with E-state index in [-0.39, 0.29) is 23.4 Å². The first-order chi connectivity index (χ1) is 16.3. The molecule has 0 spiro atoms. The van der Waals surface area contributed by atoms with Crippen LogP contribution in [0.25, 0.3) is 5.76 Å². The Labute approximate surface area is 197 Å². The zero-order valence-electron chi connectivity index (χ0n) is 19.2. The molecule has 0 saturated carbocycles. The van der Waals surface area contributed by atoms with E-state index in [1.165, 1.54) is 24.1 Å². The van der Waals surface area contributed by atoms with Crippen LogP contribution in [0.5, 0.6) is 5.75 Å². The number of hydrogen-bond acceptors (Lipinski definition) is 5. The molecule has 2 heterocycles. The van der Waals surface area contributed by atoms with E-state index in [1.54, 1.807) is 18.5 Å². The number of rotatable bonds is 6. The summed E-state index contributed by atoms with van der Waals surface area (Å²) in [5, 5.41) is 11.1. The number of nitrogens with zero attached hydrogens (tertiary/aromatic N) is 2. The average Bonchev–Trinajstić information content (AvgIpc) is 3.09. The number of halogens is 1. The zero-order chi connectivity index (χ0) is 24.4. The second-order valence-electron chi connectivity index (χ2n) is 8.46. The van der Waals surface area contributed by atoms with Gasteiger partial charge in [0.25, 0.3) is 11.7 Å². The van der Waals surface area contributed by atoms with Crippen LogP contribution >= 0.6 is 0 Å². The summed E-state index contributed by atoms with van der Waals surface area (Å²) in [7, 11) is 1.34. The van der Waals surface area contributed by atoms with Crippen molar-refractivity contribution in [1.82, 2.24) is 9.88 Å². The molecule has 3 aromatic rings.